The Labute approximate surface area is 121 Å². The predicted molar refractivity (Wildman–Crippen MR) is 74.1 cm³/mol. The second-order valence-corrected chi connectivity index (χ2v) is 5.52. The van der Waals surface area contributed by atoms with E-state index in [1.54, 1.807) is 4.90 Å². The van der Waals surface area contributed by atoms with Gasteiger partial charge in [-0.15, -0.1) is 0 Å². The van der Waals surface area contributed by atoms with Crippen LogP contribution in [0.4, 0.5) is 5.69 Å². The number of carbonyl (C=O) groups excluding carboxylic acids is 1. The first-order chi connectivity index (χ1) is 9.91. The van der Waals surface area contributed by atoms with Gasteiger partial charge in [0.05, 0.1) is 12.0 Å². The van der Waals surface area contributed by atoms with Crippen LogP contribution in [0.2, 0.25) is 0 Å². The SMILES string of the molecule is CC1(C)C(=O)N(Cc2cc(C(=O)O)no2)c2ccccc21. The number of carboxylic acid groups (broad SMARTS) is 1. The van der Waals surface area contributed by atoms with Crippen LogP contribution in [0.1, 0.15) is 35.7 Å². The Morgan fingerprint density at radius 2 is 2.10 bits per heavy atom. The Bertz CT molecular complexity index is 733. The Hall–Kier alpha value is -2.63. The first-order valence-electron chi connectivity index (χ1n) is 6.51. The quantitative estimate of drug-likeness (QED) is 0.935. The molecule has 0 atom stereocenters. The highest BCUT2D eigenvalue weighted by Crippen LogP contribution is 2.41. The van der Waals surface area contributed by atoms with Gasteiger partial charge in [0.2, 0.25) is 5.91 Å². The minimum absolute atomic E-state index is 0.0445. The lowest BCUT2D eigenvalue weighted by Crippen LogP contribution is -2.35. The zero-order valence-electron chi connectivity index (χ0n) is 11.7. The maximum Gasteiger partial charge on any atom is 0.358 e. The summed E-state index contributed by atoms with van der Waals surface area (Å²) in [5, 5.41) is 12.3. The van der Waals surface area contributed by atoms with Gasteiger partial charge in [-0.2, -0.15) is 0 Å². The number of amides is 1. The van der Waals surface area contributed by atoms with Gasteiger partial charge in [0.1, 0.15) is 0 Å². The van der Waals surface area contributed by atoms with Gasteiger partial charge in [0, 0.05) is 11.8 Å². The summed E-state index contributed by atoms with van der Waals surface area (Å²) in [5.41, 5.74) is 1.00. The van der Waals surface area contributed by atoms with Crippen molar-refractivity contribution in [3.63, 3.8) is 0 Å². The molecule has 0 saturated carbocycles. The van der Waals surface area contributed by atoms with E-state index in [4.69, 9.17) is 9.63 Å². The number of carbonyl (C=O) groups is 2. The van der Waals surface area contributed by atoms with Crippen LogP contribution in [0.3, 0.4) is 0 Å². The van der Waals surface area contributed by atoms with E-state index in [2.05, 4.69) is 5.16 Å². The van der Waals surface area contributed by atoms with Crippen molar-refractivity contribution in [1.29, 1.82) is 0 Å². The monoisotopic (exact) mass is 286 g/mol. The van der Waals surface area contributed by atoms with Gasteiger partial charge in [-0.05, 0) is 25.5 Å². The van der Waals surface area contributed by atoms with E-state index in [-0.39, 0.29) is 18.1 Å². The summed E-state index contributed by atoms with van der Waals surface area (Å²) >= 11 is 0. The van der Waals surface area contributed by atoms with Crippen molar-refractivity contribution in [3.05, 3.63) is 47.3 Å². The molecule has 1 aromatic carbocycles. The molecule has 21 heavy (non-hydrogen) atoms. The summed E-state index contributed by atoms with van der Waals surface area (Å²) in [5.74, 6) is -0.858. The molecule has 1 aliphatic heterocycles. The van der Waals surface area contributed by atoms with Gasteiger partial charge < -0.3 is 14.5 Å². The van der Waals surface area contributed by atoms with Crippen molar-refractivity contribution in [3.8, 4) is 0 Å². The van der Waals surface area contributed by atoms with Gasteiger partial charge in [-0.25, -0.2) is 4.79 Å². The number of para-hydroxylation sites is 1. The number of benzene rings is 1. The number of fused-ring (bicyclic) bond motifs is 1. The number of hydrogen-bond acceptors (Lipinski definition) is 4. The van der Waals surface area contributed by atoms with Crippen molar-refractivity contribution in [1.82, 2.24) is 5.16 Å². The van der Waals surface area contributed by atoms with Crippen LogP contribution >= 0.6 is 0 Å². The van der Waals surface area contributed by atoms with E-state index in [9.17, 15) is 9.59 Å². The molecule has 0 bridgehead atoms. The van der Waals surface area contributed by atoms with E-state index in [1.807, 2.05) is 38.1 Å². The first kappa shape index (κ1) is 13.4. The molecule has 1 aromatic heterocycles. The Balaban J connectivity index is 1.95. The van der Waals surface area contributed by atoms with E-state index in [0.717, 1.165) is 11.3 Å². The molecule has 0 saturated heterocycles. The molecule has 0 aliphatic carbocycles. The third-order valence-electron chi connectivity index (χ3n) is 3.74. The van der Waals surface area contributed by atoms with Gasteiger partial charge in [0.15, 0.2) is 11.5 Å². The summed E-state index contributed by atoms with van der Waals surface area (Å²) < 4.78 is 4.99. The number of aromatic carboxylic acids is 1. The van der Waals surface area contributed by atoms with Crippen LogP contribution in [0.15, 0.2) is 34.9 Å². The van der Waals surface area contributed by atoms with Crippen LogP contribution in [0.25, 0.3) is 0 Å². The minimum Gasteiger partial charge on any atom is -0.476 e. The van der Waals surface area contributed by atoms with E-state index in [1.165, 1.54) is 6.07 Å². The number of hydrogen-bond donors (Lipinski definition) is 1. The first-order valence-corrected chi connectivity index (χ1v) is 6.51. The van der Waals surface area contributed by atoms with Gasteiger partial charge in [0.25, 0.3) is 0 Å². The highest BCUT2D eigenvalue weighted by Gasteiger charge is 2.43. The Morgan fingerprint density at radius 3 is 2.76 bits per heavy atom. The molecule has 2 aromatic rings. The molecule has 6 nitrogen and oxygen atoms in total. The third-order valence-corrected chi connectivity index (χ3v) is 3.74. The summed E-state index contributed by atoms with van der Waals surface area (Å²) in [6.45, 7) is 3.91. The van der Waals surface area contributed by atoms with Crippen LogP contribution in [-0.2, 0) is 16.8 Å². The summed E-state index contributed by atoms with van der Waals surface area (Å²) in [6.07, 6.45) is 0. The smallest absolute Gasteiger partial charge is 0.358 e. The molecule has 108 valence electrons. The molecule has 3 rings (SSSR count). The average molecular weight is 286 g/mol. The second kappa shape index (κ2) is 4.44. The lowest BCUT2D eigenvalue weighted by Gasteiger charge is -2.19. The molecular weight excluding hydrogens is 272 g/mol. The Kier molecular flexibility index (Phi) is 2.83. The average Bonchev–Trinajstić information content (AvgIpc) is 2.98. The van der Waals surface area contributed by atoms with E-state index >= 15 is 0 Å². The number of nitrogens with zero attached hydrogens (tertiary/aromatic N) is 2. The van der Waals surface area contributed by atoms with Crippen molar-refractivity contribution in [2.45, 2.75) is 25.8 Å². The largest absolute Gasteiger partial charge is 0.476 e. The molecule has 0 spiro atoms. The van der Waals surface area contributed by atoms with Gasteiger partial charge in [-0.1, -0.05) is 23.4 Å². The molecule has 0 unspecified atom stereocenters. The van der Waals surface area contributed by atoms with Gasteiger partial charge in [-0.3, -0.25) is 4.79 Å². The number of carboxylic acids is 1. The highest BCUT2D eigenvalue weighted by molar-refractivity contribution is 6.07. The third kappa shape index (κ3) is 1.99. The molecule has 0 radical (unpaired) electrons. The highest BCUT2D eigenvalue weighted by atomic mass is 16.5. The number of anilines is 1. The standard InChI is InChI=1S/C15H14N2O4/c1-15(2)10-5-3-4-6-12(10)17(14(15)20)8-9-7-11(13(18)19)16-21-9/h3-7H,8H2,1-2H3,(H,18,19). The summed E-state index contributed by atoms with van der Waals surface area (Å²) in [7, 11) is 0. The maximum absolute atomic E-state index is 12.6. The van der Waals surface area contributed by atoms with Crippen molar-refractivity contribution in [2.24, 2.45) is 0 Å². The molecular formula is C15H14N2O4. The van der Waals surface area contributed by atoms with Crippen LogP contribution in [0, 0.1) is 0 Å². The normalized spacial score (nSPS) is 16.1. The fraction of sp³-hybridized carbons (Fsp3) is 0.267. The zero-order chi connectivity index (χ0) is 15.2. The summed E-state index contributed by atoms with van der Waals surface area (Å²) in [6, 6.07) is 8.90. The van der Waals surface area contributed by atoms with Crippen LogP contribution in [-0.4, -0.2) is 22.1 Å². The van der Waals surface area contributed by atoms with Crippen molar-refractivity contribution >= 4 is 17.6 Å². The second-order valence-electron chi connectivity index (χ2n) is 5.52. The van der Waals surface area contributed by atoms with Crippen LogP contribution < -0.4 is 4.90 Å². The maximum atomic E-state index is 12.6. The van der Waals surface area contributed by atoms with Crippen molar-refractivity contribution < 1.29 is 19.2 Å². The van der Waals surface area contributed by atoms with Crippen molar-refractivity contribution in [2.75, 3.05) is 4.90 Å². The molecule has 0 fully saturated rings. The molecule has 1 aliphatic rings. The Morgan fingerprint density at radius 1 is 1.38 bits per heavy atom. The minimum atomic E-state index is -1.15. The molecule has 6 heteroatoms. The molecule has 1 amide bonds. The molecule has 2 heterocycles. The van der Waals surface area contributed by atoms with Gasteiger partial charge >= 0.3 is 5.97 Å². The topological polar surface area (TPSA) is 83.6 Å². The number of aromatic nitrogens is 1. The van der Waals surface area contributed by atoms with E-state index in [0.29, 0.717) is 5.76 Å². The fourth-order valence-corrected chi connectivity index (χ4v) is 2.60. The lowest BCUT2D eigenvalue weighted by molar-refractivity contribution is -0.122. The summed E-state index contributed by atoms with van der Waals surface area (Å²) in [4.78, 5) is 25.0. The fourth-order valence-electron chi connectivity index (χ4n) is 2.60. The van der Waals surface area contributed by atoms with Crippen LogP contribution in [0.5, 0.6) is 0 Å². The molecule has 1 N–H and O–H groups in total. The lowest BCUT2D eigenvalue weighted by atomic mass is 9.86. The zero-order valence-corrected chi connectivity index (χ0v) is 11.7. The van der Waals surface area contributed by atoms with E-state index < -0.39 is 11.4 Å². The predicted octanol–water partition coefficient (Wildman–Crippen LogP) is 2.20. The number of rotatable bonds is 3.